The highest BCUT2D eigenvalue weighted by molar-refractivity contribution is 5.67. The normalized spacial score (nSPS) is 12.3. The van der Waals surface area contributed by atoms with Gasteiger partial charge < -0.3 is 14.8 Å². The van der Waals surface area contributed by atoms with Crippen LogP contribution in [0.25, 0.3) is 11.1 Å². The topological polar surface area (TPSA) is 30.5 Å². The smallest absolute Gasteiger partial charge is 0.231 e. The Balaban J connectivity index is 1.49. The third-order valence-corrected chi connectivity index (χ3v) is 4.21. The maximum Gasteiger partial charge on any atom is 0.231 e. The van der Waals surface area contributed by atoms with E-state index in [1.807, 2.05) is 18.2 Å². The van der Waals surface area contributed by atoms with Gasteiger partial charge in [-0.15, -0.1) is 0 Å². The molecule has 3 heteroatoms. The van der Waals surface area contributed by atoms with Crippen LogP contribution in [0, 0.1) is 0 Å². The van der Waals surface area contributed by atoms with Crippen LogP contribution in [0.15, 0.2) is 72.8 Å². The minimum absolute atomic E-state index is 0.309. The average Bonchev–Trinajstić information content (AvgIpc) is 3.12. The Hall–Kier alpha value is -2.78. The predicted molar refractivity (Wildman–Crippen MR) is 95.0 cm³/mol. The van der Waals surface area contributed by atoms with E-state index in [9.17, 15) is 0 Å². The minimum Gasteiger partial charge on any atom is -0.454 e. The van der Waals surface area contributed by atoms with E-state index in [1.165, 1.54) is 16.7 Å². The molecule has 3 aromatic rings. The maximum absolute atomic E-state index is 5.56. The first-order valence-corrected chi connectivity index (χ1v) is 8.13. The van der Waals surface area contributed by atoms with Crippen molar-refractivity contribution in [2.24, 2.45) is 0 Å². The van der Waals surface area contributed by atoms with Crippen LogP contribution >= 0.6 is 0 Å². The minimum atomic E-state index is 0.309. The van der Waals surface area contributed by atoms with Crippen LogP contribution < -0.4 is 14.8 Å². The standard InChI is InChI=1S/C21H19NO2/c1-2-7-16(8-3-1)19-11-5-4-9-17(19)13-22-14-18-10-6-12-20-21(18)24-15-23-20/h1-12,22H,13-15H2. The Morgan fingerprint density at radius 3 is 2.38 bits per heavy atom. The van der Waals surface area contributed by atoms with Crippen molar-refractivity contribution in [2.45, 2.75) is 13.1 Å². The first-order valence-electron chi connectivity index (χ1n) is 8.13. The summed E-state index contributed by atoms with van der Waals surface area (Å²) in [5.41, 5.74) is 4.92. The molecule has 0 aliphatic carbocycles. The van der Waals surface area contributed by atoms with Crippen LogP contribution in [0.1, 0.15) is 11.1 Å². The second kappa shape index (κ2) is 6.77. The van der Waals surface area contributed by atoms with E-state index in [4.69, 9.17) is 9.47 Å². The summed E-state index contributed by atoms with van der Waals surface area (Å²) in [6.07, 6.45) is 0. The van der Waals surface area contributed by atoms with Crippen LogP contribution in [0.2, 0.25) is 0 Å². The number of nitrogens with one attached hydrogen (secondary N) is 1. The summed E-state index contributed by atoms with van der Waals surface area (Å²) in [4.78, 5) is 0. The van der Waals surface area contributed by atoms with Gasteiger partial charge in [-0.3, -0.25) is 0 Å². The van der Waals surface area contributed by atoms with Crippen molar-refractivity contribution in [1.29, 1.82) is 0 Å². The van der Waals surface area contributed by atoms with Crippen LogP contribution in [-0.2, 0) is 13.1 Å². The number of hydrogen-bond donors (Lipinski definition) is 1. The number of benzene rings is 3. The molecule has 0 unspecified atom stereocenters. The molecule has 24 heavy (non-hydrogen) atoms. The van der Waals surface area contributed by atoms with Gasteiger partial charge in [-0.1, -0.05) is 66.7 Å². The van der Waals surface area contributed by atoms with E-state index in [0.717, 1.165) is 30.2 Å². The van der Waals surface area contributed by atoms with Crippen molar-refractivity contribution in [1.82, 2.24) is 5.32 Å². The summed E-state index contributed by atoms with van der Waals surface area (Å²) in [7, 11) is 0. The highest BCUT2D eigenvalue weighted by Gasteiger charge is 2.16. The molecule has 3 aromatic carbocycles. The van der Waals surface area contributed by atoms with Gasteiger partial charge in [0, 0.05) is 18.7 Å². The zero-order valence-corrected chi connectivity index (χ0v) is 13.4. The Kier molecular flexibility index (Phi) is 4.17. The number of fused-ring (bicyclic) bond motifs is 1. The first-order chi connectivity index (χ1) is 11.9. The van der Waals surface area contributed by atoms with Gasteiger partial charge in [-0.25, -0.2) is 0 Å². The lowest BCUT2D eigenvalue weighted by Gasteiger charge is -2.12. The monoisotopic (exact) mass is 317 g/mol. The predicted octanol–water partition coefficient (Wildman–Crippen LogP) is 4.37. The van der Waals surface area contributed by atoms with Gasteiger partial charge in [0.1, 0.15) is 0 Å². The number of ether oxygens (including phenoxy) is 2. The molecule has 1 aliphatic heterocycles. The van der Waals surface area contributed by atoms with Gasteiger partial charge >= 0.3 is 0 Å². The van der Waals surface area contributed by atoms with E-state index < -0.39 is 0 Å². The summed E-state index contributed by atoms with van der Waals surface area (Å²) in [5, 5.41) is 3.52. The lowest BCUT2D eigenvalue weighted by atomic mass is 10.00. The summed E-state index contributed by atoms with van der Waals surface area (Å²) in [5.74, 6) is 1.69. The van der Waals surface area contributed by atoms with Gasteiger partial charge in [-0.2, -0.15) is 0 Å². The van der Waals surface area contributed by atoms with Crippen LogP contribution in [0.5, 0.6) is 11.5 Å². The van der Waals surface area contributed by atoms with Gasteiger partial charge in [0.25, 0.3) is 0 Å². The molecular weight excluding hydrogens is 298 g/mol. The molecule has 0 amide bonds. The van der Waals surface area contributed by atoms with Crippen LogP contribution in [0.3, 0.4) is 0 Å². The molecule has 4 rings (SSSR count). The Bertz CT molecular complexity index is 830. The highest BCUT2D eigenvalue weighted by atomic mass is 16.7. The Morgan fingerprint density at radius 1 is 0.708 bits per heavy atom. The zero-order chi connectivity index (χ0) is 16.2. The molecule has 0 fully saturated rings. The second-order valence-corrected chi connectivity index (χ2v) is 5.78. The van der Waals surface area contributed by atoms with E-state index in [-0.39, 0.29) is 0 Å². The summed E-state index contributed by atoms with van der Waals surface area (Å²) in [6, 6.07) is 25.0. The third-order valence-electron chi connectivity index (χ3n) is 4.21. The Labute approximate surface area is 141 Å². The molecule has 0 spiro atoms. The van der Waals surface area contributed by atoms with E-state index in [2.05, 4.69) is 59.9 Å². The summed E-state index contributed by atoms with van der Waals surface area (Å²) >= 11 is 0. The molecule has 0 saturated carbocycles. The van der Waals surface area contributed by atoms with Crippen molar-refractivity contribution >= 4 is 0 Å². The van der Waals surface area contributed by atoms with Crippen LogP contribution in [-0.4, -0.2) is 6.79 Å². The quantitative estimate of drug-likeness (QED) is 0.758. The fraction of sp³-hybridized carbons (Fsp3) is 0.143. The largest absolute Gasteiger partial charge is 0.454 e. The van der Waals surface area contributed by atoms with Crippen molar-refractivity contribution in [3.63, 3.8) is 0 Å². The maximum atomic E-state index is 5.56. The molecule has 1 N–H and O–H groups in total. The summed E-state index contributed by atoms with van der Waals surface area (Å²) in [6.45, 7) is 1.86. The third kappa shape index (κ3) is 2.99. The molecule has 0 saturated heterocycles. The number of para-hydroxylation sites is 1. The van der Waals surface area contributed by atoms with Crippen molar-refractivity contribution in [2.75, 3.05) is 6.79 Å². The summed E-state index contributed by atoms with van der Waals surface area (Å²) < 4.78 is 11.0. The highest BCUT2D eigenvalue weighted by Crippen LogP contribution is 2.35. The molecule has 1 aliphatic rings. The lowest BCUT2D eigenvalue weighted by Crippen LogP contribution is -2.13. The molecular formula is C21H19NO2. The van der Waals surface area contributed by atoms with Crippen molar-refractivity contribution in [3.05, 3.63) is 83.9 Å². The average molecular weight is 317 g/mol. The molecule has 0 atom stereocenters. The number of rotatable bonds is 5. The molecule has 0 aromatic heterocycles. The van der Waals surface area contributed by atoms with Gasteiger partial charge in [0.2, 0.25) is 6.79 Å². The van der Waals surface area contributed by atoms with E-state index >= 15 is 0 Å². The Morgan fingerprint density at radius 2 is 1.46 bits per heavy atom. The van der Waals surface area contributed by atoms with Gasteiger partial charge in [0.15, 0.2) is 11.5 Å². The van der Waals surface area contributed by atoms with Gasteiger partial charge in [-0.05, 0) is 22.8 Å². The zero-order valence-electron chi connectivity index (χ0n) is 13.4. The molecule has 0 radical (unpaired) electrons. The first kappa shape index (κ1) is 14.8. The second-order valence-electron chi connectivity index (χ2n) is 5.78. The number of hydrogen-bond acceptors (Lipinski definition) is 3. The van der Waals surface area contributed by atoms with Crippen LogP contribution in [0.4, 0.5) is 0 Å². The lowest BCUT2D eigenvalue weighted by molar-refractivity contribution is 0.173. The molecule has 1 heterocycles. The molecule has 3 nitrogen and oxygen atoms in total. The van der Waals surface area contributed by atoms with Crippen molar-refractivity contribution in [3.8, 4) is 22.6 Å². The SMILES string of the molecule is c1ccc(-c2ccccc2CNCc2cccc3c2OCO3)cc1. The van der Waals surface area contributed by atoms with Gasteiger partial charge in [0.05, 0.1) is 0 Å². The van der Waals surface area contributed by atoms with E-state index in [1.54, 1.807) is 0 Å². The molecule has 0 bridgehead atoms. The van der Waals surface area contributed by atoms with E-state index in [0.29, 0.717) is 6.79 Å². The van der Waals surface area contributed by atoms with Crippen molar-refractivity contribution < 1.29 is 9.47 Å². The fourth-order valence-electron chi connectivity index (χ4n) is 3.04. The fourth-order valence-corrected chi connectivity index (χ4v) is 3.04. The molecule has 120 valence electrons.